The molecule has 0 aliphatic heterocycles. The lowest BCUT2D eigenvalue weighted by atomic mass is 10.1. The Balaban J connectivity index is 1.73. The van der Waals surface area contributed by atoms with E-state index in [4.69, 9.17) is 4.74 Å². The minimum Gasteiger partial charge on any atom is -0.488 e. The van der Waals surface area contributed by atoms with Crippen molar-refractivity contribution in [2.24, 2.45) is 0 Å². The molecule has 0 aliphatic rings. The summed E-state index contributed by atoms with van der Waals surface area (Å²) in [5.41, 5.74) is 0.448. The topological polar surface area (TPSA) is 30.2 Å². The maximum Gasteiger partial charge on any atom is 0.227 e. The predicted molar refractivity (Wildman–Crippen MR) is 95.3 cm³/mol. The van der Waals surface area contributed by atoms with Crippen LogP contribution in [0.15, 0.2) is 67.0 Å². The number of aromatic nitrogens is 1. The molecule has 0 aliphatic carbocycles. The van der Waals surface area contributed by atoms with Crippen molar-refractivity contribution in [1.82, 2.24) is 0 Å². The maximum absolute atomic E-state index is 12.5. The van der Waals surface area contributed by atoms with Gasteiger partial charge in [-0.05, 0) is 56.5 Å². The van der Waals surface area contributed by atoms with E-state index in [0.29, 0.717) is 12.1 Å². The Bertz CT molecular complexity index is 861. The fourth-order valence-electron chi connectivity index (χ4n) is 2.60. The first kappa shape index (κ1) is 16.2. The lowest BCUT2D eigenvalue weighted by molar-refractivity contribution is -0.681. The highest BCUT2D eigenvalue weighted by atomic mass is 16.5. The van der Waals surface area contributed by atoms with Crippen LogP contribution in [-0.2, 0) is 6.54 Å². The monoisotopic (exact) mass is 320 g/mol. The molecule has 1 heterocycles. The Hall–Kier alpha value is -2.68. The third-order valence-corrected chi connectivity index (χ3v) is 3.67. The summed E-state index contributed by atoms with van der Waals surface area (Å²) in [7, 11) is 0. The number of hydrogen-bond acceptors (Lipinski definition) is 2. The number of hydrogen-bond donors (Lipinski definition) is 0. The number of pyridine rings is 1. The highest BCUT2D eigenvalue weighted by Gasteiger charge is 2.15. The Morgan fingerprint density at radius 1 is 0.958 bits per heavy atom. The molecule has 122 valence electrons. The van der Waals surface area contributed by atoms with Crippen molar-refractivity contribution in [2.45, 2.75) is 32.9 Å². The second kappa shape index (κ2) is 6.44. The summed E-state index contributed by atoms with van der Waals surface area (Å²) in [5, 5.41) is 2.30. The number of carbonyl (C=O) groups is 1. The fourth-order valence-corrected chi connectivity index (χ4v) is 2.60. The highest BCUT2D eigenvalue weighted by molar-refractivity contribution is 5.95. The van der Waals surface area contributed by atoms with E-state index in [9.17, 15) is 4.79 Å². The second-order valence-corrected chi connectivity index (χ2v) is 6.91. The molecule has 1 aromatic heterocycles. The van der Waals surface area contributed by atoms with Crippen molar-refractivity contribution in [1.29, 1.82) is 0 Å². The zero-order valence-corrected chi connectivity index (χ0v) is 14.3. The molecule has 0 radical (unpaired) electrons. The Morgan fingerprint density at radius 3 is 2.29 bits per heavy atom. The molecule has 0 saturated carbocycles. The fraction of sp³-hybridized carbons (Fsp3) is 0.238. The average Bonchev–Trinajstić information content (AvgIpc) is 2.54. The summed E-state index contributed by atoms with van der Waals surface area (Å²) in [5.74, 6) is 0.856. The molecule has 3 heteroatoms. The van der Waals surface area contributed by atoms with Crippen molar-refractivity contribution in [2.75, 3.05) is 0 Å². The van der Waals surface area contributed by atoms with Gasteiger partial charge in [0, 0.05) is 17.0 Å². The van der Waals surface area contributed by atoms with Gasteiger partial charge in [0.25, 0.3) is 0 Å². The molecule has 3 aromatic rings. The second-order valence-electron chi connectivity index (χ2n) is 6.91. The largest absolute Gasteiger partial charge is 0.488 e. The van der Waals surface area contributed by atoms with Crippen LogP contribution in [0.2, 0.25) is 0 Å². The normalized spacial score (nSPS) is 11.5. The highest BCUT2D eigenvalue weighted by Crippen LogP contribution is 2.18. The van der Waals surface area contributed by atoms with Crippen molar-refractivity contribution in [3.05, 3.63) is 72.6 Å². The van der Waals surface area contributed by atoms with Crippen LogP contribution in [0.5, 0.6) is 5.75 Å². The maximum atomic E-state index is 12.5. The molecule has 0 amide bonds. The van der Waals surface area contributed by atoms with Crippen LogP contribution in [0.25, 0.3) is 10.8 Å². The van der Waals surface area contributed by atoms with E-state index < -0.39 is 0 Å². The first-order valence-electron chi connectivity index (χ1n) is 8.11. The predicted octanol–water partition coefficient (Wildman–Crippen LogP) is 4.19. The number of carbonyl (C=O) groups excluding carboxylic acids is 1. The number of fused-ring (bicyclic) bond motifs is 1. The summed E-state index contributed by atoms with van der Waals surface area (Å²) < 4.78 is 7.71. The molecular formula is C21H22NO2+. The smallest absolute Gasteiger partial charge is 0.227 e. The summed E-state index contributed by atoms with van der Waals surface area (Å²) >= 11 is 0. The number of benzene rings is 2. The molecule has 24 heavy (non-hydrogen) atoms. The number of nitrogens with zero attached hydrogens (tertiary/aromatic N) is 1. The molecule has 0 atom stereocenters. The summed E-state index contributed by atoms with van der Waals surface area (Å²) in [6.45, 7) is 6.33. The third-order valence-electron chi connectivity index (χ3n) is 3.67. The molecule has 0 fully saturated rings. The molecule has 0 N–H and O–H groups in total. The van der Waals surface area contributed by atoms with Crippen LogP contribution in [0.3, 0.4) is 0 Å². The van der Waals surface area contributed by atoms with E-state index in [1.165, 1.54) is 5.39 Å². The number of ether oxygens (including phenoxy) is 1. The van der Waals surface area contributed by atoms with Crippen molar-refractivity contribution < 1.29 is 14.1 Å². The van der Waals surface area contributed by atoms with Gasteiger partial charge in [-0.15, -0.1) is 0 Å². The minimum atomic E-state index is -0.244. The Morgan fingerprint density at radius 2 is 1.62 bits per heavy atom. The van der Waals surface area contributed by atoms with Gasteiger partial charge in [0.15, 0.2) is 12.4 Å². The molecule has 0 spiro atoms. The molecule has 3 rings (SSSR count). The molecular weight excluding hydrogens is 298 g/mol. The lowest BCUT2D eigenvalue weighted by Gasteiger charge is -2.21. The standard InChI is InChI=1S/C21H22NO2/c1-21(2,3)24-19-10-8-17(9-11-19)20(23)15-22-13-12-16-6-4-5-7-18(16)14-22/h4-14H,15H2,1-3H3/q+1. The lowest BCUT2D eigenvalue weighted by Crippen LogP contribution is -2.37. The van der Waals surface area contributed by atoms with Crippen LogP contribution in [0.4, 0.5) is 0 Å². The van der Waals surface area contributed by atoms with Crippen LogP contribution in [-0.4, -0.2) is 11.4 Å². The minimum absolute atomic E-state index is 0.0811. The zero-order chi connectivity index (χ0) is 17.2. The summed E-state index contributed by atoms with van der Waals surface area (Å²) in [4.78, 5) is 12.5. The van der Waals surface area contributed by atoms with Crippen LogP contribution >= 0.6 is 0 Å². The van der Waals surface area contributed by atoms with Gasteiger partial charge < -0.3 is 4.74 Å². The first-order valence-corrected chi connectivity index (χ1v) is 8.11. The van der Waals surface area contributed by atoms with Crippen molar-refractivity contribution >= 4 is 16.6 Å². The van der Waals surface area contributed by atoms with Gasteiger partial charge in [-0.25, -0.2) is 0 Å². The Labute approximate surface area is 142 Å². The quantitative estimate of drug-likeness (QED) is 0.533. The van der Waals surface area contributed by atoms with Gasteiger partial charge >= 0.3 is 0 Å². The molecule has 3 nitrogen and oxygen atoms in total. The van der Waals surface area contributed by atoms with Crippen molar-refractivity contribution in [3.63, 3.8) is 0 Å². The molecule has 0 unspecified atom stereocenters. The van der Waals surface area contributed by atoms with E-state index in [0.717, 1.165) is 11.1 Å². The molecule has 0 bridgehead atoms. The van der Waals surface area contributed by atoms with Crippen molar-refractivity contribution in [3.8, 4) is 5.75 Å². The zero-order valence-electron chi connectivity index (χ0n) is 14.3. The molecule has 2 aromatic carbocycles. The van der Waals surface area contributed by atoms with Crippen LogP contribution in [0, 0.1) is 0 Å². The van der Waals surface area contributed by atoms with Gasteiger partial charge in [-0.1, -0.05) is 18.2 Å². The van der Waals surface area contributed by atoms with Gasteiger partial charge in [-0.2, -0.15) is 4.57 Å². The summed E-state index contributed by atoms with van der Waals surface area (Å²) in [6, 6.07) is 17.5. The van der Waals surface area contributed by atoms with Gasteiger partial charge in [-0.3, -0.25) is 4.79 Å². The number of Topliss-reactive ketones (excluding diaryl/α,β-unsaturated/α-hetero) is 1. The van der Waals surface area contributed by atoms with Crippen LogP contribution in [0.1, 0.15) is 31.1 Å². The van der Waals surface area contributed by atoms with E-state index in [1.54, 1.807) is 0 Å². The third kappa shape index (κ3) is 3.99. The van der Waals surface area contributed by atoms with Gasteiger partial charge in [0.2, 0.25) is 12.3 Å². The van der Waals surface area contributed by atoms with E-state index >= 15 is 0 Å². The number of rotatable bonds is 4. The molecule has 0 saturated heterocycles. The van der Waals surface area contributed by atoms with E-state index in [2.05, 4.69) is 12.1 Å². The van der Waals surface area contributed by atoms with Gasteiger partial charge in [0.05, 0.1) is 0 Å². The SMILES string of the molecule is CC(C)(C)Oc1ccc(C(=O)C[n+]2ccc3ccccc3c2)cc1. The number of ketones is 1. The van der Waals surface area contributed by atoms with Gasteiger partial charge in [0.1, 0.15) is 11.4 Å². The van der Waals surface area contributed by atoms with Crippen LogP contribution < -0.4 is 9.30 Å². The average molecular weight is 320 g/mol. The van der Waals surface area contributed by atoms with E-state index in [-0.39, 0.29) is 11.4 Å². The summed E-state index contributed by atoms with van der Waals surface area (Å²) in [6.07, 6.45) is 3.95. The first-order chi connectivity index (χ1) is 11.4. The van der Waals surface area contributed by atoms with E-state index in [1.807, 2.05) is 80.2 Å². The Kier molecular flexibility index (Phi) is 4.34.